The molecule has 0 aliphatic carbocycles. The maximum atomic E-state index is 11.3. The fraction of sp³-hybridized carbons (Fsp3) is 0.462. The van der Waals surface area contributed by atoms with Gasteiger partial charge in [-0.05, 0) is 31.2 Å². The Kier molecular flexibility index (Phi) is 6.74. The molecule has 0 bridgehead atoms. The van der Waals surface area contributed by atoms with Crippen molar-refractivity contribution >= 4 is 17.7 Å². The van der Waals surface area contributed by atoms with Gasteiger partial charge in [0, 0.05) is 17.9 Å². The third-order valence-electron chi connectivity index (χ3n) is 2.15. The first-order valence-corrected chi connectivity index (χ1v) is 6.79. The quantitative estimate of drug-likeness (QED) is 0.577. The maximum Gasteiger partial charge on any atom is 0.220 e. The lowest BCUT2D eigenvalue weighted by Crippen LogP contribution is -2.30. The molecule has 1 unspecified atom stereocenters. The van der Waals surface area contributed by atoms with E-state index in [9.17, 15) is 4.79 Å². The van der Waals surface area contributed by atoms with Gasteiger partial charge in [0.2, 0.25) is 5.91 Å². The number of thioether (sulfide) groups is 1. The van der Waals surface area contributed by atoms with Gasteiger partial charge in [0.1, 0.15) is 0 Å². The Bertz CT molecular complexity index is 327. The molecule has 17 heavy (non-hydrogen) atoms. The normalized spacial score (nSPS) is 12.1. The summed E-state index contributed by atoms with van der Waals surface area (Å²) in [4.78, 5) is 12.6. The van der Waals surface area contributed by atoms with Crippen molar-refractivity contribution in [3.05, 3.63) is 30.3 Å². The van der Waals surface area contributed by atoms with E-state index in [1.165, 1.54) is 4.90 Å². The molecule has 0 saturated heterocycles. The number of carbonyl (C=O) groups excluding carboxylic acids is 1. The second kappa shape index (κ2) is 8.14. The van der Waals surface area contributed by atoms with Gasteiger partial charge in [0.15, 0.2) is 0 Å². The standard InChI is InChI=1S/C13H19NO2S/c1-11(15)10-14-13(16)8-5-9-17-12-6-3-2-4-7-12/h2-4,6-7,11,15H,5,8-10H2,1H3,(H,14,16). The first-order valence-electron chi connectivity index (χ1n) is 5.81. The van der Waals surface area contributed by atoms with Crippen molar-refractivity contribution in [2.75, 3.05) is 12.3 Å². The zero-order valence-electron chi connectivity index (χ0n) is 10.1. The largest absolute Gasteiger partial charge is 0.392 e. The number of hydrogen-bond acceptors (Lipinski definition) is 3. The van der Waals surface area contributed by atoms with Crippen LogP contribution in [0.15, 0.2) is 35.2 Å². The van der Waals surface area contributed by atoms with Crippen molar-refractivity contribution in [3.63, 3.8) is 0 Å². The van der Waals surface area contributed by atoms with Crippen molar-refractivity contribution in [2.45, 2.75) is 30.8 Å². The molecule has 2 N–H and O–H groups in total. The first kappa shape index (κ1) is 14.1. The Morgan fingerprint density at radius 1 is 1.41 bits per heavy atom. The molecule has 0 saturated carbocycles. The average molecular weight is 253 g/mol. The Morgan fingerprint density at radius 3 is 2.76 bits per heavy atom. The number of amides is 1. The summed E-state index contributed by atoms with van der Waals surface area (Å²) < 4.78 is 0. The van der Waals surface area contributed by atoms with E-state index >= 15 is 0 Å². The first-order chi connectivity index (χ1) is 8.18. The Balaban J connectivity index is 2.06. The fourth-order valence-corrected chi connectivity index (χ4v) is 2.16. The molecule has 1 rings (SSSR count). The highest BCUT2D eigenvalue weighted by Crippen LogP contribution is 2.18. The predicted molar refractivity (Wildman–Crippen MR) is 71.1 cm³/mol. The van der Waals surface area contributed by atoms with Crippen LogP contribution in [0.2, 0.25) is 0 Å². The molecule has 0 heterocycles. The summed E-state index contributed by atoms with van der Waals surface area (Å²) in [7, 11) is 0. The van der Waals surface area contributed by atoms with Crippen LogP contribution in [0.4, 0.5) is 0 Å². The van der Waals surface area contributed by atoms with Gasteiger partial charge < -0.3 is 10.4 Å². The van der Waals surface area contributed by atoms with E-state index < -0.39 is 6.10 Å². The highest BCUT2D eigenvalue weighted by atomic mass is 32.2. The van der Waals surface area contributed by atoms with Crippen LogP contribution in [-0.4, -0.2) is 29.4 Å². The summed E-state index contributed by atoms with van der Waals surface area (Å²) in [6.07, 6.45) is 0.898. The molecule has 4 heteroatoms. The van der Waals surface area contributed by atoms with Crippen molar-refractivity contribution in [3.8, 4) is 0 Å². The van der Waals surface area contributed by atoms with Gasteiger partial charge in [-0.25, -0.2) is 0 Å². The summed E-state index contributed by atoms with van der Waals surface area (Å²) >= 11 is 1.76. The van der Waals surface area contributed by atoms with E-state index in [0.717, 1.165) is 12.2 Å². The van der Waals surface area contributed by atoms with Gasteiger partial charge in [-0.3, -0.25) is 4.79 Å². The van der Waals surface area contributed by atoms with E-state index in [0.29, 0.717) is 13.0 Å². The van der Waals surface area contributed by atoms with Gasteiger partial charge in [-0.2, -0.15) is 0 Å². The Hall–Kier alpha value is -1.00. The highest BCUT2D eigenvalue weighted by molar-refractivity contribution is 7.99. The van der Waals surface area contributed by atoms with Crippen LogP contribution in [0, 0.1) is 0 Å². The lowest BCUT2D eigenvalue weighted by molar-refractivity contribution is -0.121. The smallest absolute Gasteiger partial charge is 0.220 e. The van der Waals surface area contributed by atoms with Crippen molar-refractivity contribution in [1.29, 1.82) is 0 Å². The fourth-order valence-electron chi connectivity index (χ4n) is 1.29. The van der Waals surface area contributed by atoms with Crippen molar-refractivity contribution in [1.82, 2.24) is 5.32 Å². The molecule has 0 aliphatic rings. The van der Waals surface area contributed by atoms with Gasteiger partial charge in [-0.15, -0.1) is 11.8 Å². The van der Waals surface area contributed by atoms with Crippen molar-refractivity contribution < 1.29 is 9.90 Å². The highest BCUT2D eigenvalue weighted by Gasteiger charge is 2.02. The number of hydrogen-bond donors (Lipinski definition) is 2. The minimum atomic E-state index is -0.474. The summed E-state index contributed by atoms with van der Waals surface area (Å²) in [5.41, 5.74) is 0. The molecule has 0 radical (unpaired) electrons. The van der Waals surface area contributed by atoms with E-state index in [1.807, 2.05) is 18.2 Å². The topological polar surface area (TPSA) is 49.3 Å². The predicted octanol–water partition coefficient (Wildman–Crippen LogP) is 2.06. The van der Waals surface area contributed by atoms with Gasteiger partial charge in [0.05, 0.1) is 6.10 Å². The second-order valence-electron chi connectivity index (χ2n) is 3.92. The average Bonchev–Trinajstić information content (AvgIpc) is 2.33. The zero-order chi connectivity index (χ0) is 12.5. The Morgan fingerprint density at radius 2 is 2.12 bits per heavy atom. The SMILES string of the molecule is CC(O)CNC(=O)CCCSc1ccccc1. The van der Waals surface area contributed by atoms with Crippen LogP contribution in [0.3, 0.4) is 0 Å². The molecule has 0 spiro atoms. The molecule has 1 amide bonds. The van der Waals surface area contributed by atoms with Gasteiger partial charge in [-0.1, -0.05) is 18.2 Å². The number of aliphatic hydroxyl groups is 1. The van der Waals surface area contributed by atoms with E-state index in [1.54, 1.807) is 18.7 Å². The lowest BCUT2D eigenvalue weighted by Gasteiger charge is -2.06. The molecule has 1 aromatic rings. The second-order valence-corrected chi connectivity index (χ2v) is 5.09. The number of rotatable bonds is 7. The lowest BCUT2D eigenvalue weighted by atomic mass is 10.3. The summed E-state index contributed by atoms with van der Waals surface area (Å²) in [6.45, 7) is 2.00. The van der Waals surface area contributed by atoms with Crippen LogP contribution in [0.1, 0.15) is 19.8 Å². The number of carbonyl (C=O) groups is 1. The molecule has 1 atom stereocenters. The molecule has 94 valence electrons. The van der Waals surface area contributed by atoms with Gasteiger partial charge in [0.25, 0.3) is 0 Å². The van der Waals surface area contributed by atoms with Crippen LogP contribution >= 0.6 is 11.8 Å². The van der Waals surface area contributed by atoms with Crippen LogP contribution in [-0.2, 0) is 4.79 Å². The molecular formula is C13H19NO2S. The molecule has 1 aromatic carbocycles. The van der Waals surface area contributed by atoms with E-state index in [-0.39, 0.29) is 5.91 Å². The van der Waals surface area contributed by atoms with Crippen LogP contribution < -0.4 is 5.32 Å². The van der Waals surface area contributed by atoms with Crippen molar-refractivity contribution in [2.24, 2.45) is 0 Å². The minimum Gasteiger partial charge on any atom is -0.392 e. The van der Waals surface area contributed by atoms with E-state index in [4.69, 9.17) is 5.11 Å². The number of benzene rings is 1. The number of aliphatic hydroxyl groups excluding tert-OH is 1. The molecule has 0 aromatic heterocycles. The molecular weight excluding hydrogens is 234 g/mol. The van der Waals surface area contributed by atoms with Crippen LogP contribution in [0.5, 0.6) is 0 Å². The van der Waals surface area contributed by atoms with Gasteiger partial charge >= 0.3 is 0 Å². The monoisotopic (exact) mass is 253 g/mol. The third kappa shape index (κ3) is 7.02. The summed E-state index contributed by atoms with van der Waals surface area (Å²) in [5, 5.41) is 11.7. The maximum absolute atomic E-state index is 11.3. The Labute approximate surface area is 107 Å². The summed E-state index contributed by atoms with van der Waals surface area (Å²) in [5.74, 6) is 0.950. The molecule has 0 aliphatic heterocycles. The molecule has 0 fully saturated rings. The number of nitrogens with one attached hydrogen (secondary N) is 1. The zero-order valence-corrected chi connectivity index (χ0v) is 10.9. The third-order valence-corrected chi connectivity index (χ3v) is 3.25. The van der Waals surface area contributed by atoms with Crippen LogP contribution in [0.25, 0.3) is 0 Å². The summed E-state index contributed by atoms with van der Waals surface area (Å²) in [6, 6.07) is 10.2. The van der Waals surface area contributed by atoms with E-state index in [2.05, 4.69) is 17.4 Å². The minimum absolute atomic E-state index is 0.0135. The molecule has 3 nitrogen and oxygen atoms in total.